The van der Waals surface area contributed by atoms with Crippen LogP contribution < -0.4 is 5.73 Å². The van der Waals surface area contributed by atoms with Crippen LogP contribution in [0.1, 0.15) is 38.1 Å². The summed E-state index contributed by atoms with van der Waals surface area (Å²) in [6.07, 6.45) is 5.77. The number of imidazole rings is 1. The molecule has 0 radical (unpaired) electrons. The predicted molar refractivity (Wildman–Crippen MR) is 126 cm³/mol. The summed E-state index contributed by atoms with van der Waals surface area (Å²) in [4.78, 5) is 26.1. The highest BCUT2D eigenvalue weighted by atomic mass is 35.5. The van der Waals surface area contributed by atoms with Crippen LogP contribution >= 0.6 is 11.6 Å². The summed E-state index contributed by atoms with van der Waals surface area (Å²) in [5.41, 5.74) is 6.76. The fourth-order valence-electron chi connectivity index (χ4n) is 4.93. The number of nitrogens with one attached hydrogen (secondary N) is 1. The number of nitrogens with zero attached hydrogens (tertiary/aromatic N) is 7. The molecule has 0 unspecified atom stereocenters. The van der Waals surface area contributed by atoms with Crippen molar-refractivity contribution in [1.29, 1.82) is 0 Å². The average Bonchev–Trinajstić information content (AvgIpc) is 3.61. The third kappa shape index (κ3) is 3.61. The Balaban J connectivity index is 1.34. The maximum absolute atomic E-state index is 15.3. The van der Waals surface area contributed by atoms with Crippen molar-refractivity contribution >= 4 is 28.9 Å². The molecule has 0 aliphatic carbocycles. The number of aromatic amines is 1. The quantitative estimate of drug-likeness (QED) is 0.402. The molecule has 10 nitrogen and oxygen atoms in total. The first-order valence-corrected chi connectivity index (χ1v) is 11.4. The smallest absolute Gasteiger partial charge is 0.247 e. The lowest BCUT2D eigenvalue weighted by Crippen LogP contribution is -2.39. The van der Waals surface area contributed by atoms with Gasteiger partial charge in [0, 0.05) is 17.7 Å². The Bertz CT molecular complexity index is 1550. The number of nitrogens with two attached hydrogens (primary N) is 1. The molecule has 0 spiro atoms. The lowest BCUT2D eigenvalue weighted by molar-refractivity contribution is -0.129. The van der Waals surface area contributed by atoms with E-state index in [4.69, 9.17) is 18.7 Å². The number of aromatic nitrogens is 7. The van der Waals surface area contributed by atoms with Crippen LogP contribution in [0.3, 0.4) is 0 Å². The first kappa shape index (κ1) is 21.1. The Labute approximate surface area is 209 Å². The van der Waals surface area contributed by atoms with Gasteiger partial charge in [0.15, 0.2) is 5.82 Å². The van der Waals surface area contributed by atoms with Crippen LogP contribution in [0, 0.1) is 11.8 Å². The SMILES string of the molecule is [2H]c1cc(N)nc(F)c1-c1cnc([C@@H]2CC[C@@H]3CC(c4c(-n5cnnn5)ccc(Cl)c4F)=CC(=O)N32)[nH]1. The second kappa shape index (κ2) is 8.48. The van der Waals surface area contributed by atoms with E-state index in [0.717, 1.165) is 0 Å². The minimum atomic E-state index is -0.881. The van der Waals surface area contributed by atoms with E-state index in [0.29, 0.717) is 36.3 Å². The van der Waals surface area contributed by atoms with Gasteiger partial charge in [-0.1, -0.05) is 11.6 Å². The van der Waals surface area contributed by atoms with Gasteiger partial charge in [-0.15, -0.1) is 5.10 Å². The zero-order valence-electron chi connectivity index (χ0n) is 19.5. The van der Waals surface area contributed by atoms with E-state index in [-0.39, 0.29) is 45.7 Å². The largest absolute Gasteiger partial charge is 0.384 e. The van der Waals surface area contributed by atoms with Gasteiger partial charge in [-0.3, -0.25) is 4.79 Å². The number of carbonyl (C=O) groups is 1. The minimum absolute atomic E-state index is 0.0544. The summed E-state index contributed by atoms with van der Waals surface area (Å²) >= 11 is 6.08. The molecule has 1 aromatic carbocycles. The van der Waals surface area contributed by atoms with Gasteiger partial charge in [0.1, 0.15) is 18.0 Å². The third-order valence-corrected chi connectivity index (χ3v) is 6.77. The molecule has 3 N–H and O–H groups in total. The number of rotatable bonds is 4. The molecular weight excluding hydrogens is 492 g/mol. The van der Waals surface area contributed by atoms with E-state index in [1.807, 2.05) is 0 Å². The molecule has 1 saturated heterocycles. The Morgan fingerprint density at radius 1 is 1.25 bits per heavy atom. The molecule has 13 heteroatoms. The number of amides is 1. The molecule has 4 aromatic rings. The summed E-state index contributed by atoms with van der Waals surface area (Å²) in [5.74, 6) is -1.48. The van der Waals surface area contributed by atoms with E-state index in [2.05, 4.69) is 30.5 Å². The first-order valence-electron chi connectivity index (χ1n) is 11.5. The molecule has 182 valence electrons. The number of halogens is 3. The van der Waals surface area contributed by atoms with Crippen LogP contribution in [-0.2, 0) is 4.79 Å². The summed E-state index contributed by atoms with van der Waals surface area (Å²) in [6.45, 7) is 0. The standard InChI is InChI=1S/C23H18ClF2N9O/c24-14-3-5-16(34-10-29-32-33-34)20(21(14)25)11-7-12-1-4-17(35(12)19(36)8-11)23-28-9-15(30-23)13-2-6-18(27)31-22(13)26/h2-3,5-6,8-10,12,17H,1,4,7H2,(H2,27,31)(H,28,30)/t12-,17+/m1/s1/i2D. The predicted octanol–water partition coefficient (Wildman–Crippen LogP) is 3.48. The molecule has 3 aromatic heterocycles. The maximum atomic E-state index is 15.3. The average molecular weight is 511 g/mol. The number of fused-ring (bicyclic) bond motifs is 1. The van der Waals surface area contributed by atoms with E-state index in [1.165, 1.54) is 35.4 Å². The summed E-state index contributed by atoms with van der Waals surface area (Å²) in [6, 6.07) is 3.52. The van der Waals surface area contributed by atoms with Crippen molar-refractivity contribution < 1.29 is 14.9 Å². The number of anilines is 1. The van der Waals surface area contributed by atoms with Crippen molar-refractivity contribution in [3.8, 4) is 16.9 Å². The molecule has 2 aliphatic rings. The van der Waals surface area contributed by atoms with Crippen LogP contribution in [0.15, 0.2) is 42.8 Å². The van der Waals surface area contributed by atoms with Gasteiger partial charge in [-0.2, -0.15) is 9.07 Å². The van der Waals surface area contributed by atoms with Crippen molar-refractivity contribution in [3.05, 3.63) is 71.0 Å². The zero-order valence-corrected chi connectivity index (χ0v) is 19.2. The van der Waals surface area contributed by atoms with Crippen molar-refractivity contribution in [2.75, 3.05) is 5.73 Å². The lowest BCUT2D eigenvalue weighted by atomic mass is 9.92. The number of pyridine rings is 1. The minimum Gasteiger partial charge on any atom is -0.384 e. The number of nitrogen functional groups attached to an aromatic ring is 1. The fraction of sp³-hybridized carbons (Fsp3) is 0.217. The number of H-pyrrole nitrogens is 1. The van der Waals surface area contributed by atoms with Crippen LogP contribution in [0.2, 0.25) is 5.02 Å². The second-order valence-electron chi connectivity index (χ2n) is 8.55. The van der Waals surface area contributed by atoms with E-state index in [1.54, 1.807) is 11.0 Å². The highest BCUT2D eigenvalue weighted by Gasteiger charge is 2.42. The summed E-state index contributed by atoms with van der Waals surface area (Å²) in [5, 5.41) is 11.0. The van der Waals surface area contributed by atoms with Crippen molar-refractivity contribution in [2.45, 2.75) is 31.3 Å². The van der Waals surface area contributed by atoms with E-state index in [9.17, 15) is 9.18 Å². The lowest BCUT2D eigenvalue weighted by Gasteiger charge is -2.33. The maximum Gasteiger partial charge on any atom is 0.247 e. The topological polar surface area (TPSA) is 132 Å². The van der Waals surface area contributed by atoms with E-state index >= 15 is 4.39 Å². The molecule has 6 rings (SSSR count). The van der Waals surface area contributed by atoms with E-state index < -0.39 is 17.8 Å². The summed E-state index contributed by atoms with van der Waals surface area (Å²) < 4.78 is 39.1. The number of hydrogen-bond donors (Lipinski definition) is 2. The van der Waals surface area contributed by atoms with Crippen molar-refractivity contribution in [1.82, 2.24) is 40.1 Å². The highest BCUT2D eigenvalue weighted by molar-refractivity contribution is 6.31. The van der Waals surface area contributed by atoms with Crippen LogP contribution in [0.5, 0.6) is 0 Å². The van der Waals surface area contributed by atoms with Crippen molar-refractivity contribution in [2.24, 2.45) is 0 Å². The summed E-state index contributed by atoms with van der Waals surface area (Å²) in [7, 11) is 0. The first-order chi connectivity index (χ1) is 17.8. The fourth-order valence-corrected chi connectivity index (χ4v) is 5.09. The Morgan fingerprint density at radius 2 is 2.11 bits per heavy atom. The third-order valence-electron chi connectivity index (χ3n) is 6.48. The molecule has 0 saturated carbocycles. The second-order valence-corrected chi connectivity index (χ2v) is 8.96. The molecule has 2 atom stereocenters. The van der Waals surface area contributed by atoms with Gasteiger partial charge in [0.05, 0.1) is 35.6 Å². The van der Waals surface area contributed by atoms with Gasteiger partial charge in [-0.05, 0) is 59.5 Å². The molecule has 0 bridgehead atoms. The number of carbonyl (C=O) groups excluding carboxylic acids is 1. The number of tetrazole rings is 1. The van der Waals surface area contributed by atoms with Crippen LogP contribution in [-0.4, -0.2) is 52.0 Å². The Hall–Kier alpha value is -4.19. The molecule has 5 heterocycles. The monoisotopic (exact) mass is 510 g/mol. The molecular formula is C23H18ClF2N9O. The van der Waals surface area contributed by atoms with Crippen LogP contribution in [0.25, 0.3) is 22.5 Å². The number of benzene rings is 1. The Kier molecular flexibility index (Phi) is 4.98. The van der Waals surface area contributed by atoms with Gasteiger partial charge >= 0.3 is 0 Å². The molecule has 1 fully saturated rings. The molecule has 36 heavy (non-hydrogen) atoms. The normalized spacial score (nSPS) is 19.9. The zero-order chi connectivity index (χ0) is 25.8. The van der Waals surface area contributed by atoms with Gasteiger partial charge in [0.2, 0.25) is 11.9 Å². The van der Waals surface area contributed by atoms with Crippen molar-refractivity contribution in [3.63, 3.8) is 0 Å². The van der Waals surface area contributed by atoms with Gasteiger partial charge in [-0.25, -0.2) is 14.4 Å². The van der Waals surface area contributed by atoms with Crippen LogP contribution in [0.4, 0.5) is 14.6 Å². The molecule has 2 aliphatic heterocycles. The Morgan fingerprint density at radius 3 is 2.89 bits per heavy atom. The highest BCUT2D eigenvalue weighted by Crippen LogP contribution is 2.44. The van der Waals surface area contributed by atoms with Gasteiger partial charge < -0.3 is 15.6 Å². The number of hydrogen-bond acceptors (Lipinski definition) is 7. The van der Waals surface area contributed by atoms with Gasteiger partial charge in [0.25, 0.3) is 0 Å². The molecule has 1 amide bonds.